The van der Waals surface area contributed by atoms with Gasteiger partial charge >= 0.3 is 0 Å². The first-order valence-corrected chi connectivity index (χ1v) is 5.50. The van der Waals surface area contributed by atoms with E-state index in [0.29, 0.717) is 11.3 Å². The molecule has 82 valence electrons. The molecular formula is C11H14BrNO2. The fraction of sp³-hybridized carbons (Fsp3) is 0.364. The van der Waals surface area contributed by atoms with Crippen LogP contribution in [0.3, 0.4) is 0 Å². The first-order valence-electron chi connectivity index (χ1n) is 4.70. The molecule has 2 N–H and O–H groups in total. The van der Waals surface area contributed by atoms with E-state index < -0.39 is 0 Å². The Balaban J connectivity index is 2.74. The molecular weight excluding hydrogens is 258 g/mol. The van der Waals surface area contributed by atoms with Gasteiger partial charge in [0.15, 0.2) is 5.78 Å². The Morgan fingerprint density at radius 2 is 2.20 bits per heavy atom. The van der Waals surface area contributed by atoms with Gasteiger partial charge < -0.3 is 10.5 Å². The van der Waals surface area contributed by atoms with Crippen molar-refractivity contribution in [2.24, 2.45) is 0 Å². The van der Waals surface area contributed by atoms with Crippen molar-refractivity contribution in [1.29, 1.82) is 0 Å². The van der Waals surface area contributed by atoms with Gasteiger partial charge in [0.2, 0.25) is 0 Å². The van der Waals surface area contributed by atoms with Crippen LogP contribution in [-0.2, 0) is 4.74 Å². The summed E-state index contributed by atoms with van der Waals surface area (Å²) in [5.41, 5.74) is 6.71. The number of carbonyl (C=O) groups excluding carboxylic acids is 1. The number of carbonyl (C=O) groups is 1. The number of nitrogen functional groups attached to an aromatic ring is 1. The van der Waals surface area contributed by atoms with E-state index in [1.807, 2.05) is 13.8 Å². The lowest BCUT2D eigenvalue weighted by Crippen LogP contribution is -2.14. The molecule has 0 spiro atoms. The van der Waals surface area contributed by atoms with Gasteiger partial charge in [0.25, 0.3) is 0 Å². The van der Waals surface area contributed by atoms with E-state index in [4.69, 9.17) is 10.5 Å². The summed E-state index contributed by atoms with van der Waals surface area (Å²) in [5.74, 6) is -0.0892. The smallest absolute Gasteiger partial charge is 0.190 e. The fourth-order valence-corrected chi connectivity index (χ4v) is 1.49. The average Bonchev–Trinajstić information content (AvgIpc) is 2.14. The Labute approximate surface area is 97.7 Å². The van der Waals surface area contributed by atoms with Crippen LogP contribution in [0.1, 0.15) is 24.2 Å². The predicted octanol–water partition coefficient (Wildman–Crippen LogP) is 2.64. The van der Waals surface area contributed by atoms with Gasteiger partial charge in [0, 0.05) is 15.7 Å². The topological polar surface area (TPSA) is 52.3 Å². The molecule has 0 aromatic heterocycles. The van der Waals surface area contributed by atoms with E-state index in [-0.39, 0.29) is 18.5 Å². The Hall–Kier alpha value is -0.870. The van der Waals surface area contributed by atoms with Crippen molar-refractivity contribution in [2.75, 3.05) is 12.3 Å². The molecule has 0 fully saturated rings. The van der Waals surface area contributed by atoms with E-state index in [9.17, 15) is 4.79 Å². The number of ketones is 1. The summed E-state index contributed by atoms with van der Waals surface area (Å²) in [6.07, 6.45) is 0.0469. The summed E-state index contributed by atoms with van der Waals surface area (Å²) in [6.45, 7) is 3.85. The molecule has 1 rings (SSSR count). The number of anilines is 1. The average molecular weight is 272 g/mol. The molecule has 0 aliphatic heterocycles. The number of hydrogen-bond acceptors (Lipinski definition) is 3. The number of Topliss-reactive ketones (excluding diaryl/α,β-unsaturated/α-hetero) is 1. The lowest BCUT2D eigenvalue weighted by Gasteiger charge is -2.08. The lowest BCUT2D eigenvalue weighted by molar-refractivity contribution is 0.0585. The molecule has 0 aliphatic rings. The zero-order chi connectivity index (χ0) is 11.4. The van der Waals surface area contributed by atoms with Crippen molar-refractivity contribution in [3.63, 3.8) is 0 Å². The molecule has 1 aromatic rings. The van der Waals surface area contributed by atoms with E-state index >= 15 is 0 Å². The number of halogens is 1. The second-order valence-electron chi connectivity index (χ2n) is 3.51. The Morgan fingerprint density at radius 3 is 2.73 bits per heavy atom. The summed E-state index contributed by atoms with van der Waals surface area (Å²) in [7, 11) is 0. The van der Waals surface area contributed by atoms with E-state index in [0.717, 1.165) is 4.47 Å². The van der Waals surface area contributed by atoms with Gasteiger partial charge in [0.1, 0.15) is 6.61 Å². The van der Waals surface area contributed by atoms with Crippen LogP contribution in [0.4, 0.5) is 5.69 Å². The monoisotopic (exact) mass is 271 g/mol. The third kappa shape index (κ3) is 3.64. The second-order valence-corrected chi connectivity index (χ2v) is 4.43. The minimum absolute atomic E-state index is 0.0469. The summed E-state index contributed by atoms with van der Waals surface area (Å²) in [6, 6.07) is 5.20. The van der Waals surface area contributed by atoms with Crippen molar-refractivity contribution in [3.8, 4) is 0 Å². The van der Waals surface area contributed by atoms with Gasteiger partial charge in [-0.2, -0.15) is 0 Å². The third-order valence-electron chi connectivity index (χ3n) is 1.86. The molecule has 0 aliphatic carbocycles. The lowest BCUT2D eigenvalue weighted by atomic mass is 10.1. The zero-order valence-electron chi connectivity index (χ0n) is 8.79. The van der Waals surface area contributed by atoms with Crippen molar-refractivity contribution in [2.45, 2.75) is 20.0 Å². The molecule has 0 saturated heterocycles. The third-order valence-corrected chi connectivity index (χ3v) is 2.36. The molecule has 4 heteroatoms. The number of nitrogens with two attached hydrogens (primary N) is 1. The van der Waals surface area contributed by atoms with Crippen LogP contribution in [0.5, 0.6) is 0 Å². The fourth-order valence-electron chi connectivity index (χ4n) is 1.11. The number of ether oxygens (including phenoxy) is 1. The van der Waals surface area contributed by atoms with Crippen LogP contribution in [0, 0.1) is 0 Å². The van der Waals surface area contributed by atoms with Crippen LogP contribution in [0.2, 0.25) is 0 Å². The molecule has 0 heterocycles. The molecule has 1 aromatic carbocycles. The molecule has 0 unspecified atom stereocenters. The highest BCUT2D eigenvalue weighted by atomic mass is 79.9. The first-order chi connectivity index (χ1) is 7.00. The SMILES string of the molecule is CC(C)OCC(=O)c1ccc(Br)cc1N. The number of benzene rings is 1. The van der Waals surface area contributed by atoms with Crippen LogP contribution in [-0.4, -0.2) is 18.5 Å². The van der Waals surface area contributed by atoms with Crippen molar-refractivity contribution in [3.05, 3.63) is 28.2 Å². The molecule has 0 radical (unpaired) electrons. The Bertz CT molecular complexity index is 364. The molecule has 0 bridgehead atoms. The van der Waals surface area contributed by atoms with Gasteiger partial charge in [-0.3, -0.25) is 4.79 Å². The summed E-state index contributed by atoms with van der Waals surface area (Å²) in [5, 5.41) is 0. The standard InChI is InChI=1S/C11H14BrNO2/c1-7(2)15-6-11(14)9-4-3-8(12)5-10(9)13/h3-5,7H,6,13H2,1-2H3. The van der Waals surface area contributed by atoms with E-state index in [1.54, 1.807) is 18.2 Å². The maximum Gasteiger partial charge on any atom is 0.190 e. The minimum Gasteiger partial charge on any atom is -0.398 e. The van der Waals surface area contributed by atoms with Gasteiger partial charge in [0.05, 0.1) is 6.10 Å². The van der Waals surface area contributed by atoms with Crippen LogP contribution in [0.15, 0.2) is 22.7 Å². The summed E-state index contributed by atoms with van der Waals surface area (Å²) >= 11 is 3.29. The van der Waals surface area contributed by atoms with Crippen LogP contribution < -0.4 is 5.73 Å². The van der Waals surface area contributed by atoms with Crippen molar-refractivity contribution >= 4 is 27.4 Å². The van der Waals surface area contributed by atoms with Crippen molar-refractivity contribution in [1.82, 2.24) is 0 Å². The summed E-state index contributed by atoms with van der Waals surface area (Å²) in [4.78, 5) is 11.7. The first kappa shape index (κ1) is 12.2. The van der Waals surface area contributed by atoms with Gasteiger partial charge in [-0.05, 0) is 32.0 Å². The van der Waals surface area contributed by atoms with Gasteiger partial charge in [-0.1, -0.05) is 15.9 Å². The molecule has 0 amide bonds. The van der Waals surface area contributed by atoms with Crippen LogP contribution >= 0.6 is 15.9 Å². The van der Waals surface area contributed by atoms with E-state index in [2.05, 4.69) is 15.9 Å². The van der Waals surface area contributed by atoms with Gasteiger partial charge in [-0.25, -0.2) is 0 Å². The van der Waals surface area contributed by atoms with Gasteiger partial charge in [-0.15, -0.1) is 0 Å². The minimum atomic E-state index is -0.0892. The number of hydrogen-bond donors (Lipinski definition) is 1. The quantitative estimate of drug-likeness (QED) is 0.677. The van der Waals surface area contributed by atoms with Crippen molar-refractivity contribution < 1.29 is 9.53 Å². The molecule has 0 saturated carbocycles. The Kier molecular flexibility index (Phi) is 4.29. The zero-order valence-corrected chi connectivity index (χ0v) is 10.4. The maximum absolute atomic E-state index is 11.7. The highest BCUT2D eigenvalue weighted by Gasteiger charge is 2.10. The predicted molar refractivity (Wildman–Crippen MR) is 64.0 cm³/mol. The largest absolute Gasteiger partial charge is 0.398 e. The second kappa shape index (κ2) is 5.28. The number of rotatable bonds is 4. The molecule has 15 heavy (non-hydrogen) atoms. The highest BCUT2D eigenvalue weighted by Crippen LogP contribution is 2.19. The normalized spacial score (nSPS) is 10.7. The molecule has 0 atom stereocenters. The van der Waals surface area contributed by atoms with Crippen LogP contribution in [0.25, 0.3) is 0 Å². The maximum atomic E-state index is 11.7. The molecule has 3 nitrogen and oxygen atoms in total. The Morgan fingerprint density at radius 1 is 1.53 bits per heavy atom. The summed E-state index contributed by atoms with van der Waals surface area (Å²) < 4.78 is 6.09. The van der Waals surface area contributed by atoms with E-state index in [1.165, 1.54) is 0 Å². The highest BCUT2D eigenvalue weighted by molar-refractivity contribution is 9.10.